The zero-order chi connectivity index (χ0) is 12.8. The van der Waals surface area contributed by atoms with E-state index in [0.29, 0.717) is 0 Å². The molecule has 2 nitrogen and oxygen atoms in total. The maximum atomic E-state index is 5.23. The molecule has 0 aromatic heterocycles. The summed E-state index contributed by atoms with van der Waals surface area (Å²) < 4.78 is 10.5. The van der Waals surface area contributed by atoms with Gasteiger partial charge in [0.05, 0.1) is 14.2 Å². The highest BCUT2D eigenvalue weighted by atomic mass is 16.5. The average Bonchev–Trinajstić information content (AvgIpc) is 2.45. The predicted molar refractivity (Wildman–Crippen MR) is 73.8 cm³/mol. The van der Waals surface area contributed by atoms with Crippen LogP contribution in [0.5, 0.6) is 11.5 Å². The van der Waals surface area contributed by atoms with Crippen molar-refractivity contribution in [1.29, 1.82) is 0 Å². The highest BCUT2D eigenvalue weighted by Crippen LogP contribution is 2.23. The van der Waals surface area contributed by atoms with Crippen LogP contribution in [0.1, 0.15) is 11.1 Å². The average molecular weight is 239 g/mol. The standard InChI is InChI=1S/C16H15O2/c1-17-15-10-14(11-16(12-15)18-2)9-8-13-6-4-3-5-7-13/h4-12H,1-2H3/b9-8+. The molecule has 0 heterocycles. The third kappa shape index (κ3) is 3.14. The molecule has 0 atom stereocenters. The molecule has 0 aliphatic carbocycles. The molecule has 2 heteroatoms. The van der Waals surface area contributed by atoms with Crippen molar-refractivity contribution in [2.24, 2.45) is 0 Å². The normalized spacial score (nSPS) is 10.6. The van der Waals surface area contributed by atoms with Gasteiger partial charge in [-0.15, -0.1) is 0 Å². The largest absolute Gasteiger partial charge is 0.497 e. The maximum Gasteiger partial charge on any atom is 0.123 e. The van der Waals surface area contributed by atoms with Gasteiger partial charge in [0.1, 0.15) is 11.5 Å². The molecule has 0 aliphatic rings. The van der Waals surface area contributed by atoms with Crippen molar-refractivity contribution in [3.8, 4) is 11.5 Å². The molecule has 0 unspecified atom stereocenters. The number of rotatable bonds is 4. The van der Waals surface area contributed by atoms with Crippen molar-refractivity contribution in [3.05, 3.63) is 59.7 Å². The van der Waals surface area contributed by atoms with Gasteiger partial charge in [-0.25, -0.2) is 0 Å². The molecule has 2 aromatic rings. The quantitative estimate of drug-likeness (QED) is 0.758. The third-order valence-electron chi connectivity index (χ3n) is 2.59. The van der Waals surface area contributed by atoms with E-state index in [1.165, 1.54) is 0 Å². The lowest BCUT2D eigenvalue weighted by molar-refractivity contribution is 0.394. The van der Waals surface area contributed by atoms with E-state index in [2.05, 4.69) is 6.07 Å². The second-order valence-corrected chi connectivity index (χ2v) is 3.81. The summed E-state index contributed by atoms with van der Waals surface area (Å²) in [5, 5.41) is 0. The van der Waals surface area contributed by atoms with Gasteiger partial charge < -0.3 is 9.47 Å². The first-order valence-electron chi connectivity index (χ1n) is 5.69. The smallest absolute Gasteiger partial charge is 0.123 e. The molecule has 0 amide bonds. The topological polar surface area (TPSA) is 18.5 Å². The summed E-state index contributed by atoms with van der Waals surface area (Å²) in [5.41, 5.74) is 2.18. The van der Waals surface area contributed by atoms with Crippen LogP contribution in [0.2, 0.25) is 0 Å². The van der Waals surface area contributed by atoms with E-state index in [0.717, 1.165) is 22.6 Å². The minimum Gasteiger partial charge on any atom is -0.497 e. The monoisotopic (exact) mass is 239 g/mol. The predicted octanol–water partition coefficient (Wildman–Crippen LogP) is 3.67. The van der Waals surface area contributed by atoms with E-state index >= 15 is 0 Å². The van der Waals surface area contributed by atoms with E-state index in [9.17, 15) is 0 Å². The molecule has 0 bridgehead atoms. The van der Waals surface area contributed by atoms with Gasteiger partial charge in [-0.2, -0.15) is 0 Å². The third-order valence-corrected chi connectivity index (χ3v) is 2.59. The van der Waals surface area contributed by atoms with E-state index < -0.39 is 0 Å². The van der Waals surface area contributed by atoms with Crippen molar-refractivity contribution in [2.45, 2.75) is 0 Å². The Kier molecular flexibility index (Phi) is 4.02. The van der Waals surface area contributed by atoms with Gasteiger partial charge in [-0.1, -0.05) is 36.4 Å². The Balaban J connectivity index is 2.25. The Morgan fingerprint density at radius 2 is 1.39 bits per heavy atom. The molecule has 0 N–H and O–H groups in total. The number of methoxy groups -OCH3 is 2. The van der Waals surface area contributed by atoms with Crippen molar-refractivity contribution in [1.82, 2.24) is 0 Å². The van der Waals surface area contributed by atoms with E-state index in [4.69, 9.17) is 9.47 Å². The van der Waals surface area contributed by atoms with Crippen LogP contribution in [0.3, 0.4) is 0 Å². The summed E-state index contributed by atoms with van der Waals surface area (Å²) in [6.45, 7) is 0. The Hall–Kier alpha value is -2.22. The van der Waals surface area contributed by atoms with Gasteiger partial charge in [0.2, 0.25) is 0 Å². The first-order valence-corrected chi connectivity index (χ1v) is 5.69. The Labute approximate surface area is 107 Å². The summed E-state index contributed by atoms with van der Waals surface area (Å²) in [4.78, 5) is 0. The lowest BCUT2D eigenvalue weighted by Crippen LogP contribution is -1.88. The van der Waals surface area contributed by atoms with Crippen LogP contribution in [0.25, 0.3) is 12.2 Å². The van der Waals surface area contributed by atoms with Gasteiger partial charge >= 0.3 is 0 Å². The van der Waals surface area contributed by atoms with Gasteiger partial charge in [-0.3, -0.25) is 0 Å². The van der Waals surface area contributed by atoms with Crippen LogP contribution in [0, 0.1) is 6.07 Å². The summed E-state index contributed by atoms with van der Waals surface area (Å²) in [6.07, 6.45) is 4.07. The molecule has 0 spiro atoms. The Morgan fingerprint density at radius 3 is 1.94 bits per heavy atom. The number of hydrogen-bond donors (Lipinski definition) is 0. The first-order chi connectivity index (χ1) is 8.81. The summed E-state index contributed by atoms with van der Waals surface area (Å²) in [7, 11) is 3.30. The minimum absolute atomic E-state index is 0.787. The molecule has 0 fully saturated rings. The van der Waals surface area contributed by atoms with Gasteiger partial charge in [0, 0.05) is 6.07 Å². The molecule has 18 heavy (non-hydrogen) atoms. The summed E-state index contributed by atoms with van der Waals surface area (Å²) in [6, 6.07) is 16.6. The molecule has 1 radical (unpaired) electrons. The number of ether oxygens (including phenoxy) is 2. The van der Waals surface area contributed by atoms with Crippen LogP contribution in [-0.2, 0) is 0 Å². The minimum atomic E-state index is 0.787. The van der Waals surface area contributed by atoms with Crippen LogP contribution in [-0.4, -0.2) is 14.2 Å². The lowest BCUT2D eigenvalue weighted by Gasteiger charge is -2.05. The van der Waals surface area contributed by atoms with Gasteiger partial charge in [0.15, 0.2) is 0 Å². The molecule has 2 aromatic carbocycles. The Morgan fingerprint density at radius 1 is 0.833 bits per heavy atom. The summed E-state index contributed by atoms with van der Waals surface area (Å²) in [5.74, 6) is 1.57. The number of hydrogen-bond acceptors (Lipinski definition) is 2. The fourth-order valence-electron chi connectivity index (χ4n) is 1.63. The molecular formula is C16H15O2. The molecule has 91 valence electrons. The van der Waals surface area contributed by atoms with Crippen molar-refractivity contribution in [3.63, 3.8) is 0 Å². The van der Waals surface area contributed by atoms with E-state index in [1.54, 1.807) is 14.2 Å². The maximum absolute atomic E-state index is 5.23. The zero-order valence-corrected chi connectivity index (χ0v) is 10.5. The van der Waals surface area contributed by atoms with E-state index in [-0.39, 0.29) is 0 Å². The van der Waals surface area contributed by atoms with E-state index in [1.807, 2.05) is 54.6 Å². The van der Waals surface area contributed by atoms with Crippen LogP contribution < -0.4 is 9.47 Å². The van der Waals surface area contributed by atoms with Crippen molar-refractivity contribution < 1.29 is 9.47 Å². The van der Waals surface area contributed by atoms with Crippen LogP contribution in [0.15, 0.2) is 42.5 Å². The first kappa shape index (κ1) is 12.2. The second-order valence-electron chi connectivity index (χ2n) is 3.81. The van der Waals surface area contributed by atoms with Crippen molar-refractivity contribution >= 4 is 12.2 Å². The molecular weight excluding hydrogens is 224 g/mol. The Bertz CT molecular complexity index is 508. The van der Waals surface area contributed by atoms with Gasteiger partial charge in [-0.05, 0) is 29.3 Å². The van der Waals surface area contributed by atoms with Crippen LogP contribution in [0.4, 0.5) is 0 Å². The SMILES string of the molecule is COc1cc(/C=C/c2cc[c]cc2)cc(OC)c1. The van der Waals surface area contributed by atoms with Crippen LogP contribution >= 0.6 is 0 Å². The fraction of sp³-hybridized carbons (Fsp3) is 0.125. The second kappa shape index (κ2) is 5.92. The lowest BCUT2D eigenvalue weighted by atomic mass is 10.1. The number of benzene rings is 2. The molecule has 2 rings (SSSR count). The highest BCUT2D eigenvalue weighted by Gasteiger charge is 1.99. The van der Waals surface area contributed by atoms with Gasteiger partial charge in [0.25, 0.3) is 0 Å². The molecule has 0 aliphatic heterocycles. The summed E-state index contributed by atoms with van der Waals surface area (Å²) >= 11 is 0. The van der Waals surface area contributed by atoms with Crippen molar-refractivity contribution in [2.75, 3.05) is 14.2 Å². The highest BCUT2D eigenvalue weighted by molar-refractivity contribution is 5.70. The molecule has 0 saturated heterocycles. The zero-order valence-electron chi connectivity index (χ0n) is 10.5. The fourth-order valence-corrected chi connectivity index (χ4v) is 1.63. The molecule has 0 saturated carbocycles.